The molecule has 1 fully saturated rings. The van der Waals surface area contributed by atoms with Crippen LogP contribution in [0.3, 0.4) is 0 Å². The summed E-state index contributed by atoms with van der Waals surface area (Å²) in [5.74, 6) is 0.127. The van der Waals surface area contributed by atoms with Crippen LogP contribution in [0.25, 0.3) is 11.6 Å². The van der Waals surface area contributed by atoms with Crippen molar-refractivity contribution in [2.24, 2.45) is 0 Å². The van der Waals surface area contributed by atoms with E-state index in [0.29, 0.717) is 29.8 Å². The van der Waals surface area contributed by atoms with Gasteiger partial charge in [0.05, 0.1) is 6.61 Å². The zero-order chi connectivity index (χ0) is 12.4. The smallest absolute Gasteiger partial charge is 0.319 e. The van der Waals surface area contributed by atoms with Crippen molar-refractivity contribution >= 4 is 17.7 Å². The van der Waals surface area contributed by atoms with Crippen LogP contribution in [0.15, 0.2) is 34.0 Å². The first kappa shape index (κ1) is 11.2. The minimum absolute atomic E-state index is 0.224. The molecular formula is C11H9N3O3S. The molecule has 0 aliphatic carbocycles. The number of pyridine rings is 1. The second-order valence-corrected chi connectivity index (χ2v) is 4.80. The van der Waals surface area contributed by atoms with Crippen LogP contribution in [0.1, 0.15) is 6.42 Å². The molecule has 1 atom stereocenters. The average Bonchev–Trinajstić information content (AvgIpc) is 3.02. The normalized spacial score (nSPS) is 18.9. The van der Waals surface area contributed by atoms with E-state index >= 15 is 0 Å². The Morgan fingerprint density at radius 1 is 1.33 bits per heavy atom. The molecular weight excluding hydrogens is 254 g/mol. The number of rotatable bonds is 3. The Kier molecular flexibility index (Phi) is 2.97. The van der Waals surface area contributed by atoms with Crippen molar-refractivity contribution in [3.8, 4) is 11.6 Å². The summed E-state index contributed by atoms with van der Waals surface area (Å²) in [5, 5.41) is 7.90. The van der Waals surface area contributed by atoms with Gasteiger partial charge in [-0.05, 0) is 23.9 Å². The molecule has 0 N–H and O–H groups in total. The Balaban J connectivity index is 1.76. The summed E-state index contributed by atoms with van der Waals surface area (Å²) in [5.41, 5.74) is 0.617. The highest BCUT2D eigenvalue weighted by atomic mass is 32.2. The van der Waals surface area contributed by atoms with Crippen LogP contribution in [-0.2, 0) is 9.53 Å². The van der Waals surface area contributed by atoms with E-state index in [1.54, 1.807) is 12.3 Å². The number of hydrogen-bond donors (Lipinski definition) is 0. The fourth-order valence-electron chi connectivity index (χ4n) is 1.56. The molecule has 0 amide bonds. The second kappa shape index (κ2) is 4.77. The summed E-state index contributed by atoms with van der Waals surface area (Å²) in [6, 6.07) is 5.43. The number of carbonyl (C=O) groups excluding carboxylic acids is 1. The summed E-state index contributed by atoms with van der Waals surface area (Å²) >= 11 is 1.23. The van der Waals surface area contributed by atoms with Crippen LogP contribution in [0, 0.1) is 0 Å². The zero-order valence-corrected chi connectivity index (χ0v) is 10.1. The molecule has 0 bridgehead atoms. The molecule has 0 saturated carbocycles. The quantitative estimate of drug-likeness (QED) is 0.777. The van der Waals surface area contributed by atoms with Crippen LogP contribution in [-0.4, -0.2) is 33.0 Å². The molecule has 1 saturated heterocycles. The lowest BCUT2D eigenvalue weighted by Gasteiger charge is -1.98. The molecule has 2 aromatic heterocycles. The number of cyclic esters (lactones) is 1. The third-order valence-electron chi connectivity index (χ3n) is 2.42. The third kappa shape index (κ3) is 2.21. The molecule has 1 aliphatic heterocycles. The lowest BCUT2D eigenvalue weighted by atomic mass is 10.3. The first-order valence-corrected chi connectivity index (χ1v) is 6.29. The predicted molar refractivity (Wildman–Crippen MR) is 62.8 cm³/mol. The first-order chi connectivity index (χ1) is 8.83. The van der Waals surface area contributed by atoms with E-state index in [4.69, 9.17) is 9.15 Å². The van der Waals surface area contributed by atoms with Gasteiger partial charge in [-0.2, -0.15) is 0 Å². The van der Waals surface area contributed by atoms with Crippen molar-refractivity contribution in [2.45, 2.75) is 16.9 Å². The van der Waals surface area contributed by atoms with E-state index in [1.165, 1.54) is 11.8 Å². The van der Waals surface area contributed by atoms with E-state index in [-0.39, 0.29) is 11.2 Å². The van der Waals surface area contributed by atoms with Gasteiger partial charge in [0.1, 0.15) is 10.9 Å². The monoisotopic (exact) mass is 263 g/mol. The van der Waals surface area contributed by atoms with Crippen molar-refractivity contribution in [1.29, 1.82) is 0 Å². The van der Waals surface area contributed by atoms with E-state index < -0.39 is 0 Å². The van der Waals surface area contributed by atoms with Gasteiger partial charge in [0.15, 0.2) is 0 Å². The Morgan fingerprint density at radius 3 is 3.00 bits per heavy atom. The average molecular weight is 263 g/mol. The topological polar surface area (TPSA) is 78.1 Å². The molecule has 6 nitrogen and oxygen atoms in total. The van der Waals surface area contributed by atoms with Gasteiger partial charge in [0, 0.05) is 12.6 Å². The van der Waals surface area contributed by atoms with Gasteiger partial charge in [-0.15, -0.1) is 10.2 Å². The summed E-state index contributed by atoms with van der Waals surface area (Å²) in [6.45, 7) is 0.456. The van der Waals surface area contributed by atoms with Crippen molar-refractivity contribution in [2.75, 3.05) is 6.61 Å². The maximum absolute atomic E-state index is 11.3. The Labute approximate surface area is 107 Å². The maximum atomic E-state index is 11.3. The van der Waals surface area contributed by atoms with E-state index in [9.17, 15) is 4.79 Å². The molecule has 0 aromatic carbocycles. The molecule has 0 spiro atoms. The minimum Gasteiger partial charge on any atom is -0.465 e. The van der Waals surface area contributed by atoms with Crippen LogP contribution < -0.4 is 0 Å². The van der Waals surface area contributed by atoms with Crippen molar-refractivity contribution in [1.82, 2.24) is 15.2 Å². The molecule has 1 unspecified atom stereocenters. The molecule has 0 radical (unpaired) electrons. The van der Waals surface area contributed by atoms with Gasteiger partial charge in [0.2, 0.25) is 0 Å². The van der Waals surface area contributed by atoms with Crippen LogP contribution in [0.5, 0.6) is 0 Å². The predicted octanol–water partition coefficient (Wildman–Crippen LogP) is 1.54. The number of aromatic nitrogens is 3. The number of hydrogen-bond acceptors (Lipinski definition) is 7. The minimum atomic E-state index is -0.248. The summed E-state index contributed by atoms with van der Waals surface area (Å²) in [6.07, 6.45) is 2.32. The van der Waals surface area contributed by atoms with Crippen LogP contribution in [0.4, 0.5) is 0 Å². The number of carbonyl (C=O) groups is 1. The largest absolute Gasteiger partial charge is 0.465 e. The van der Waals surface area contributed by atoms with Gasteiger partial charge in [-0.25, -0.2) is 0 Å². The Bertz CT molecular complexity index is 558. The molecule has 1 aliphatic rings. The lowest BCUT2D eigenvalue weighted by molar-refractivity contribution is -0.137. The van der Waals surface area contributed by atoms with Crippen molar-refractivity contribution in [3.63, 3.8) is 0 Å². The van der Waals surface area contributed by atoms with Gasteiger partial charge in [0.25, 0.3) is 11.1 Å². The van der Waals surface area contributed by atoms with Crippen molar-refractivity contribution in [3.05, 3.63) is 24.4 Å². The van der Waals surface area contributed by atoms with Gasteiger partial charge in [-0.1, -0.05) is 6.07 Å². The van der Waals surface area contributed by atoms with Crippen LogP contribution >= 0.6 is 11.8 Å². The molecule has 3 rings (SSSR count). The Hall–Kier alpha value is -1.89. The molecule has 18 heavy (non-hydrogen) atoms. The molecule has 3 heterocycles. The molecule has 2 aromatic rings. The summed E-state index contributed by atoms with van der Waals surface area (Å²) in [4.78, 5) is 15.4. The number of ether oxygens (including phenoxy) is 1. The lowest BCUT2D eigenvalue weighted by Crippen LogP contribution is -2.09. The van der Waals surface area contributed by atoms with Gasteiger partial charge >= 0.3 is 5.97 Å². The van der Waals surface area contributed by atoms with Crippen LogP contribution in [0.2, 0.25) is 0 Å². The zero-order valence-electron chi connectivity index (χ0n) is 9.28. The first-order valence-electron chi connectivity index (χ1n) is 5.41. The van der Waals surface area contributed by atoms with E-state index in [0.717, 1.165) is 0 Å². The fraction of sp³-hybridized carbons (Fsp3) is 0.273. The van der Waals surface area contributed by atoms with Crippen molar-refractivity contribution < 1.29 is 13.9 Å². The number of nitrogens with zero attached hydrogens (tertiary/aromatic N) is 3. The highest BCUT2D eigenvalue weighted by Crippen LogP contribution is 2.29. The summed E-state index contributed by atoms with van der Waals surface area (Å²) in [7, 11) is 0. The summed E-state index contributed by atoms with van der Waals surface area (Å²) < 4.78 is 10.3. The molecule has 92 valence electrons. The standard InChI is InChI=1S/C11H9N3O3S/c15-10-8(4-6-16-10)18-11-14-13-9(17-11)7-3-1-2-5-12-7/h1-3,5,8H,4,6H2. The van der Waals surface area contributed by atoms with Gasteiger partial charge < -0.3 is 9.15 Å². The molecule has 7 heteroatoms. The third-order valence-corrected chi connectivity index (χ3v) is 3.50. The van der Waals surface area contributed by atoms with Gasteiger partial charge in [-0.3, -0.25) is 9.78 Å². The second-order valence-electron chi connectivity index (χ2n) is 3.65. The highest BCUT2D eigenvalue weighted by Gasteiger charge is 2.29. The SMILES string of the molecule is O=C1OCCC1Sc1nnc(-c2ccccn2)o1. The fourth-order valence-corrected chi connectivity index (χ4v) is 2.39. The highest BCUT2D eigenvalue weighted by molar-refractivity contribution is 8.00. The van der Waals surface area contributed by atoms with E-state index in [1.807, 2.05) is 12.1 Å². The number of esters is 1. The maximum Gasteiger partial charge on any atom is 0.319 e. The van der Waals surface area contributed by atoms with E-state index in [2.05, 4.69) is 15.2 Å². The Morgan fingerprint density at radius 2 is 2.28 bits per heavy atom. The number of thioether (sulfide) groups is 1.